The Morgan fingerprint density at radius 3 is 1.62 bits per heavy atom. The zero-order chi connectivity index (χ0) is 39.6. The van der Waals surface area contributed by atoms with Crippen molar-refractivity contribution in [3.05, 3.63) is 224 Å². The van der Waals surface area contributed by atoms with E-state index < -0.39 is 0 Å². The summed E-state index contributed by atoms with van der Waals surface area (Å²) in [6.07, 6.45) is 0. The fraction of sp³-hybridized carbons (Fsp3) is 0. The van der Waals surface area contributed by atoms with E-state index in [9.17, 15) is 0 Å². The summed E-state index contributed by atoms with van der Waals surface area (Å²) in [5.41, 5.74) is 12.2. The summed E-state index contributed by atoms with van der Waals surface area (Å²) in [5, 5.41) is 12.0. The molecule has 1 aromatic heterocycles. The van der Waals surface area contributed by atoms with Gasteiger partial charge in [-0.15, -0.1) is 0 Å². The Balaban J connectivity index is 1.03. The minimum Gasteiger partial charge on any atom is -0.456 e. The molecule has 12 rings (SSSR count). The van der Waals surface area contributed by atoms with Gasteiger partial charge < -0.3 is 9.32 Å². The quantitative estimate of drug-likeness (QED) is 0.157. The minimum atomic E-state index is 0.865. The van der Waals surface area contributed by atoms with Gasteiger partial charge >= 0.3 is 0 Å². The maximum absolute atomic E-state index is 6.62. The standard InChI is InChI=1S/C58H37NO/c1-2-12-38(13-3-1)39-24-26-40(27-25-39)41-28-30-46(31-29-41)59(55-22-11-23-56-58(55)54-35-42-14-4-5-15-43(42)37-57(54)60-56)47-32-33-49-44(34-47)17-10-21-51(49)53-36-45-16-6-7-18-48(45)50-19-8-9-20-52(50)53/h1-37H. The summed E-state index contributed by atoms with van der Waals surface area (Å²) in [5.74, 6) is 0. The van der Waals surface area contributed by atoms with Crippen molar-refractivity contribution in [1.82, 2.24) is 0 Å². The van der Waals surface area contributed by atoms with Crippen LogP contribution < -0.4 is 4.90 Å². The van der Waals surface area contributed by atoms with Crippen LogP contribution in [0.4, 0.5) is 17.1 Å². The lowest BCUT2D eigenvalue weighted by molar-refractivity contribution is 0.669. The molecule has 0 atom stereocenters. The van der Waals surface area contributed by atoms with Crippen LogP contribution in [0.5, 0.6) is 0 Å². The van der Waals surface area contributed by atoms with Crippen molar-refractivity contribution in [2.45, 2.75) is 0 Å². The van der Waals surface area contributed by atoms with Gasteiger partial charge in [-0.25, -0.2) is 0 Å². The van der Waals surface area contributed by atoms with Crippen molar-refractivity contribution in [3.63, 3.8) is 0 Å². The van der Waals surface area contributed by atoms with Crippen LogP contribution in [-0.2, 0) is 0 Å². The van der Waals surface area contributed by atoms with E-state index in [1.807, 2.05) is 0 Å². The predicted octanol–water partition coefficient (Wildman–Crippen LogP) is 16.7. The smallest absolute Gasteiger partial charge is 0.137 e. The molecule has 0 aliphatic rings. The van der Waals surface area contributed by atoms with Gasteiger partial charge in [0, 0.05) is 16.8 Å². The molecule has 1 heterocycles. The number of rotatable bonds is 6. The summed E-state index contributed by atoms with van der Waals surface area (Å²) in [6.45, 7) is 0. The molecule has 0 amide bonds. The molecular formula is C58H37NO. The molecule has 0 unspecified atom stereocenters. The highest BCUT2D eigenvalue weighted by atomic mass is 16.3. The molecule has 2 nitrogen and oxygen atoms in total. The Labute approximate surface area is 347 Å². The first kappa shape index (κ1) is 34.1. The number of hydrogen-bond donors (Lipinski definition) is 0. The molecular weight excluding hydrogens is 727 g/mol. The van der Waals surface area contributed by atoms with E-state index in [2.05, 4.69) is 229 Å². The van der Waals surface area contributed by atoms with Gasteiger partial charge in [-0.2, -0.15) is 0 Å². The molecule has 0 aliphatic carbocycles. The lowest BCUT2D eigenvalue weighted by Gasteiger charge is -2.27. The minimum absolute atomic E-state index is 0.865. The van der Waals surface area contributed by atoms with Crippen LogP contribution in [0.15, 0.2) is 229 Å². The van der Waals surface area contributed by atoms with E-state index >= 15 is 0 Å². The summed E-state index contributed by atoms with van der Waals surface area (Å²) >= 11 is 0. The molecule has 0 spiro atoms. The molecule has 2 heteroatoms. The van der Waals surface area contributed by atoms with Gasteiger partial charge in [0.05, 0.1) is 11.1 Å². The van der Waals surface area contributed by atoms with E-state index in [1.54, 1.807) is 0 Å². The summed E-state index contributed by atoms with van der Waals surface area (Å²) < 4.78 is 6.62. The molecule has 280 valence electrons. The second-order valence-corrected chi connectivity index (χ2v) is 15.7. The number of furan rings is 1. The Kier molecular flexibility index (Phi) is 7.89. The second kappa shape index (κ2) is 13.9. The molecule has 0 bridgehead atoms. The monoisotopic (exact) mass is 763 g/mol. The van der Waals surface area contributed by atoms with Crippen LogP contribution in [-0.4, -0.2) is 0 Å². The van der Waals surface area contributed by atoms with Crippen molar-refractivity contribution in [3.8, 4) is 33.4 Å². The highest BCUT2D eigenvalue weighted by Crippen LogP contribution is 2.46. The lowest BCUT2D eigenvalue weighted by atomic mass is 9.90. The number of anilines is 3. The first-order chi connectivity index (χ1) is 29.7. The van der Waals surface area contributed by atoms with Gasteiger partial charge in [0.15, 0.2) is 0 Å². The fourth-order valence-corrected chi connectivity index (χ4v) is 9.32. The highest BCUT2D eigenvalue weighted by Gasteiger charge is 2.21. The van der Waals surface area contributed by atoms with Crippen molar-refractivity contribution < 1.29 is 4.42 Å². The van der Waals surface area contributed by atoms with Crippen molar-refractivity contribution in [2.75, 3.05) is 4.90 Å². The Bertz CT molecular complexity index is 3580. The molecule has 0 fully saturated rings. The van der Waals surface area contributed by atoms with Crippen LogP contribution in [0.2, 0.25) is 0 Å². The van der Waals surface area contributed by atoms with Gasteiger partial charge in [0.2, 0.25) is 0 Å². The van der Waals surface area contributed by atoms with E-state index in [1.165, 1.54) is 76.5 Å². The van der Waals surface area contributed by atoms with E-state index in [0.717, 1.165) is 39.0 Å². The molecule has 0 aliphatic heterocycles. The molecule has 0 saturated heterocycles. The average Bonchev–Trinajstić information content (AvgIpc) is 3.69. The third-order valence-corrected chi connectivity index (χ3v) is 12.2. The van der Waals surface area contributed by atoms with Crippen molar-refractivity contribution >= 4 is 82.1 Å². The van der Waals surface area contributed by atoms with Crippen LogP contribution in [0.1, 0.15) is 0 Å². The molecule has 12 aromatic rings. The van der Waals surface area contributed by atoms with Crippen LogP contribution >= 0.6 is 0 Å². The van der Waals surface area contributed by atoms with E-state index in [-0.39, 0.29) is 0 Å². The Morgan fingerprint density at radius 2 is 0.850 bits per heavy atom. The van der Waals surface area contributed by atoms with Crippen molar-refractivity contribution in [2.24, 2.45) is 0 Å². The zero-order valence-corrected chi connectivity index (χ0v) is 32.7. The maximum atomic E-state index is 6.62. The number of fused-ring (bicyclic) bond motifs is 8. The van der Waals surface area contributed by atoms with Gasteiger partial charge in [-0.1, -0.05) is 170 Å². The SMILES string of the molecule is c1ccc(-c2ccc(-c3ccc(N(c4ccc5c(-c6cc7ccccc7c7ccccc67)cccc5c4)c4cccc5oc6cc7ccccc7cc6c45)cc3)cc2)cc1. The van der Waals surface area contributed by atoms with Gasteiger partial charge in [0.1, 0.15) is 11.2 Å². The first-order valence-electron chi connectivity index (χ1n) is 20.6. The third kappa shape index (κ3) is 5.65. The normalized spacial score (nSPS) is 11.7. The third-order valence-electron chi connectivity index (χ3n) is 12.2. The number of benzene rings is 11. The summed E-state index contributed by atoms with van der Waals surface area (Å²) in [6, 6.07) is 81.3. The first-order valence-corrected chi connectivity index (χ1v) is 20.6. The van der Waals surface area contributed by atoms with Crippen molar-refractivity contribution in [1.29, 1.82) is 0 Å². The van der Waals surface area contributed by atoms with Crippen LogP contribution in [0.25, 0.3) is 98.4 Å². The van der Waals surface area contributed by atoms with E-state index in [0.29, 0.717) is 0 Å². The topological polar surface area (TPSA) is 16.4 Å². The number of nitrogens with zero attached hydrogens (tertiary/aromatic N) is 1. The number of hydrogen-bond acceptors (Lipinski definition) is 2. The molecule has 0 saturated carbocycles. The predicted molar refractivity (Wildman–Crippen MR) is 255 cm³/mol. The van der Waals surface area contributed by atoms with Gasteiger partial charge in [-0.3, -0.25) is 0 Å². The van der Waals surface area contributed by atoms with Gasteiger partial charge in [0.25, 0.3) is 0 Å². The summed E-state index contributed by atoms with van der Waals surface area (Å²) in [7, 11) is 0. The highest BCUT2D eigenvalue weighted by molar-refractivity contribution is 6.18. The average molecular weight is 764 g/mol. The second-order valence-electron chi connectivity index (χ2n) is 15.7. The van der Waals surface area contributed by atoms with Crippen LogP contribution in [0.3, 0.4) is 0 Å². The molecule has 0 N–H and O–H groups in total. The lowest BCUT2D eigenvalue weighted by Crippen LogP contribution is -2.10. The Hall–Kier alpha value is -7.94. The largest absolute Gasteiger partial charge is 0.456 e. The maximum Gasteiger partial charge on any atom is 0.137 e. The zero-order valence-electron chi connectivity index (χ0n) is 32.7. The van der Waals surface area contributed by atoms with Gasteiger partial charge in [-0.05, 0) is 131 Å². The molecule has 60 heavy (non-hydrogen) atoms. The van der Waals surface area contributed by atoms with E-state index in [4.69, 9.17) is 4.42 Å². The van der Waals surface area contributed by atoms with Crippen LogP contribution in [0, 0.1) is 0 Å². The summed E-state index contributed by atoms with van der Waals surface area (Å²) in [4.78, 5) is 2.40. The molecule has 11 aromatic carbocycles. The molecule has 0 radical (unpaired) electrons. The Morgan fingerprint density at radius 1 is 0.283 bits per heavy atom. The fourth-order valence-electron chi connectivity index (χ4n) is 9.32.